The van der Waals surface area contributed by atoms with Crippen LogP contribution < -0.4 is 16.5 Å². The lowest BCUT2D eigenvalue weighted by molar-refractivity contribution is -0.383. The molecule has 1 aromatic heterocycles. The number of hydrogen-bond donors (Lipinski definition) is 3. The van der Waals surface area contributed by atoms with Crippen molar-refractivity contribution in [1.82, 2.24) is 9.88 Å². The first-order valence-electron chi connectivity index (χ1n) is 9.37. The molecule has 0 unspecified atom stereocenters. The zero-order chi connectivity index (χ0) is 20.1. The number of aromatic nitrogens is 1. The van der Waals surface area contributed by atoms with Crippen LogP contribution in [0.5, 0.6) is 0 Å². The number of aromatic amines is 1. The largest absolute Gasteiger partial charge is 0.384 e. The fraction of sp³-hybridized carbons (Fsp3) is 0.350. The predicted octanol–water partition coefficient (Wildman–Crippen LogP) is 2.67. The van der Waals surface area contributed by atoms with Gasteiger partial charge in [0.1, 0.15) is 5.52 Å². The molecule has 1 heterocycles. The normalized spacial score (nSPS) is 11.4. The van der Waals surface area contributed by atoms with Crippen LogP contribution in [0.1, 0.15) is 12.8 Å². The number of nitro benzene ring substituents is 1. The van der Waals surface area contributed by atoms with Crippen molar-refractivity contribution in [3.63, 3.8) is 0 Å². The van der Waals surface area contributed by atoms with Crippen molar-refractivity contribution in [2.45, 2.75) is 12.8 Å². The van der Waals surface area contributed by atoms with E-state index >= 15 is 0 Å². The van der Waals surface area contributed by atoms with Gasteiger partial charge < -0.3 is 20.9 Å². The third-order valence-corrected chi connectivity index (χ3v) is 4.81. The molecule has 148 valence electrons. The van der Waals surface area contributed by atoms with Gasteiger partial charge in [-0.15, -0.1) is 0 Å². The van der Waals surface area contributed by atoms with Gasteiger partial charge in [0.25, 0.3) is 5.69 Å². The summed E-state index contributed by atoms with van der Waals surface area (Å²) in [6.07, 6.45) is 1.84. The second kappa shape index (κ2) is 8.81. The van der Waals surface area contributed by atoms with Crippen LogP contribution in [0.4, 0.5) is 11.4 Å². The topological polar surface area (TPSA) is 117 Å². The lowest BCUT2D eigenvalue weighted by Crippen LogP contribution is -2.24. The highest BCUT2D eigenvalue weighted by molar-refractivity contribution is 6.03. The van der Waals surface area contributed by atoms with Crippen molar-refractivity contribution in [3.05, 3.63) is 56.7 Å². The standard InChI is InChI=1S/C20H25N5O3/c1-24(12-4-10-21)13-5-11-22-16-8-9-17(25(27)28)19-18(16)20(26)14-6-2-3-7-15(14)23-19/h2-3,6-9,22H,4-5,10-13,21H2,1H3,(H,23,26). The molecule has 0 aliphatic rings. The first-order valence-corrected chi connectivity index (χ1v) is 9.37. The van der Waals surface area contributed by atoms with Crippen molar-refractivity contribution in [3.8, 4) is 0 Å². The molecule has 3 aromatic rings. The Kier molecular flexibility index (Phi) is 6.23. The van der Waals surface area contributed by atoms with Crippen LogP contribution in [0.15, 0.2) is 41.2 Å². The second-order valence-electron chi connectivity index (χ2n) is 6.86. The summed E-state index contributed by atoms with van der Waals surface area (Å²) in [4.78, 5) is 29.3. The van der Waals surface area contributed by atoms with Gasteiger partial charge in [-0.25, -0.2) is 0 Å². The summed E-state index contributed by atoms with van der Waals surface area (Å²) < 4.78 is 0. The van der Waals surface area contributed by atoms with E-state index in [-0.39, 0.29) is 16.6 Å². The van der Waals surface area contributed by atoms with Gasteiger partial charge >= 0.3 is 0 Å². The average Bonchev–Trinajstić information content (AvgIpc) is 2.69. The number of rotatable bonds is 9. The van der Waals surface area contributed by atoms with Gasteiger partial charge in [-0.1, -0.05) is 12.1 Å². The number of anilines is 1. The molecule has 0 bridgehead atoms. The van der Waals surface area contributed by atoms with Crippen LogP contribution in [-0.4, -0.2) is 48.0 Å². The van der Waals surface area contributed by atoms with Gasteiger partial charge in [0.2, 0.25) is 0 Å². The Morgan fingerprint density at radius 3 is 2.68 bits per heavy atom. The minimum atomic E-state index is -0.469. The predicted molar refractivity (Wildman–Crippen MR) is 113 cm³/mol. The number of non-ortho nitro benzene ring substituents is 1. The molecule has 8 nitrogen and oxygen atoms in total. The molecule has 0 fully saturated rings. The average molecular weight is 383 g/mol. The molecule has 3 rings (SSSR count). The van der Waals surface area contributed by atoms with Crippen LogP contribution in [0, 0.1) is 10.1 Å². The molecule has 0 spiro atoms. The fourth-order valence-corrected chi connectivity index (χ4v) is 3.36. The maximum Gasteiger partial charge on any atom is 0.293 e. The molecule has 28 heavy (non-hydrogen) atoms. The van der Waals surface area contributed by atoms with E-state index in [0.717, 1.165) is 25.9 Å². The number of benzene rings is 2. The van der Waals surface area contributed by atoms with Crippen molar-refractivity contribution >= 4 is 33.2 Å². The Morgan fingerprint density at radius 2 is 1.93 bits per heavy atom. The molecule has 0 amide bonds. The van der Waals surface area contributed by atoms with Crippen molar-refractivity contribution in [2.24, 2.45) is 5.73 Å². The molecule has 4 N–H and O–H groups in total. The Morgan fingerprint density at radius 1 is 1.18 bits per heavy atom. The maximum atomic E-state index is 13.0. The molecule has 8 heteroatoms. The molecule has 0 saturated heterocycles. The summed E-state index contributed by atoms with van der Waals surface area (Å²) >= 11 is 0. The zero-order valence-electron chi connectivity index (χ0n) is 15.9. The van der Waals surface area contributed by atoms with E-state index in [1.807, 2.05) is 7.05 Å². The summed E-state index contributed by atoms with van der Waals surface area (Å²) in [6, 6.07) is 10.1. The van der Waals surface area contributed by atoms with E-state index in [2.05, 4.69) is 15.2 Å². The molecular formula is C20H25N5O3. The Labute approximate surface area is 162 Å². The molecule has 0 saturated carbocycles. The van der Waals surface area contributed by atoms with Gasteiger partial charge in [-0.3, -0.25) is 14.9 Å². The monoisotopic (exact) mass is 383 g/mol. The summed E-state index contributed by atoms with van der Waals surface area (Å²) in [5.41, 5.74) is 6.65. The number of nitrogens with two attached hydrogens (primary N) is 1. The molecule has 0 aliphatic heterocycles. The van der Waals surface area contributed by atoms with Gasteiger partial charge in [0.15, 0.2) is 5.43 Å². The lowest BCUT2D eigenvalue weighted by atomic mass is 10.1. The van der Waals surface area contributed by atoms with Crippen LogP contribution in [0.25, 0.3) is 21.8 Å². The number of nitrogens with one attached hydrogen (secondary N) is 2. The summed E-state index contributed by atoms with van der Waals surface area (Å²) in [6.45, 7) is 3.18. The number of hydrogen-bond acceptors (Lipinski definition) is 6. The highest BCUT2D eigenvalue weighted by Gasteiger charge is 2.19. The highest BCUT2D eigenvalue weighted by Crippen LogP contribution is 2.29. The van der Waals surface area contributed by atoms with Gasteiger partial charge in [0.05, 0.1) is 10.3 Å². The zero-order valence-corrected chi connectivity index (χ0v) is 15.9. The van der Waals surface area contributed by atoms with E-state index in [1.54, 1.807) is 30.3 Å². The third kappa shape index (κ3) is 4.13. The number of H-pyrrole nitrogens is 1. The summed E-state index contributed by atoms with van der Waals surface area (Å²) in [7, 11) is 2.05. The second-order valence-corrected chi connectivity index (χ2v) is 6.86. The molecule has 0 aliphatic carbocycles. The Hall–Kier alpha value is -2.97. The van der Waals surface area contributed by atoms with Crippen LogP contribution in [0.3, 0.4) is 0 Å². The van der Waals surface area contributed by atoms with Crippen molar-refractivity contribution < 1.29 is 4.92 Å². The van der Waals surface area contributed by atoms with E-state index in [4.69, 9.17) is 5.73 Å². The number of para-hydroxylation sites is 1. The first kappa shape index (κ1) is 19.8. The fourth-order valence-electron chi connectivity index (χ4n) is 3.36. The van der Waals surface area contributed by atoms with Crippen LogP contribution >= 0.6 is 0 Å². The molecule has 0 radical (unpaired) electrons. The van der Waals surface area contributed by atoms with Crippen LogP contribution in [-0.2, 0) is 0 Å². The SMILES string of the molecule is CN(CCCN)CCCNc1ccc([N+](=O)[O-])c2[nH]c3ccccc3c(=O)c12. The molecule has 0 atom stereocenters. The van der Waals surface area contributed by atoms with E-state index in [1.165, 1.54) is 6.07 Å². The number of nitro groups is 1. The number of nitrogens with zero attached hydrogens (tertiary/aromatic N) is 2. The Bertz CT molecular complexity index is 1050. The lowest BCUT2D eigenvalue weighted by Gasteiger charge is -2.16. The summed E-state index contributed by atoms with van der Waals surface area (Å²) in [5, 5.41) is 15.6. The maximum absolute atomic E-state index is 13.0. The van der Waals surface area contributed by atoms with Gasteiger partial charge in [-0.2, -0.15) is 0 Å². The third-order valence-electron chi connectivity index (χ3n) is 4.81. The molecular weight excluding hydrogens is 358 g/mol. The van der Waals surface area contributed by atoms with Crippen molar-refractivity contribution in [2.75, 3.05) is 38.5 Å². The smallest absolute Gasteiger partial charge is 0.293 e. The number of pyridine rings is 1. The first-order chi connectivity index (χ1) is 13.5. The minimum absolute atomic E-state index is 0.107. The van der Waals surface area contributed by atoms with Crippen molar-refractivity contribution in [1.29, 1.82) is 0 Å². The van der Waals surface area contributed by atoms with Crippen LogP contribution in [0.2, 0.25) is 0 Å². The minimum Gasteiger partial charge on any atom is -0.384 e. The van der Waals surface area contributed by atoms with E-state index < -0.39 is 4.92 Å². The highest BCUT2D eigenvalue weighted by atomic mass is 16.6. The summed E-state index contributed by atoms with van der Waals surface area (Å²) in [5.74, 6) is 0. The van der Waals surface area contributed by atoms with Gasteiger partial charge in [-0.05, 0) is 57.7 Å². The van der Waals surface area contributed by atoms with Gasteiger partial charge in [0, 0.05) is 29.2 Å². The van der Waals surface area contributed by atoms with E-state index in [9.17, 15) is 14.9 Å². The quantitative estimate of drug-likeness (QED) is 0.226. The Balaban J connectivity index is 1.91. The molecule has 2 aromatic carbocycles. The van der Waals surface area contributed by atoms with E-state index in [0.29, 0.717) is 35.1 Å². The number of fused-ring (bicyclic) bond motifs is 2.